The first-order valence-corrected chi connectivity index (χ1v) is 8.86. The highest BCUT2D eigenvalue weighted by Crippen LogP contribution is 2.21. The smallest absolute Gasteiger partial charge is 0.269 e. The minimum atomic E-state index is -0.399. The fraction of sp³-hybridized carbons (Fsp3) is 0.200. The predicted octanol–water partition coefficient (Wildman–Crippen LogP) is 3.41. The van der Waals surface area contributed by atoms with Crippen LogP contribution in [0.2, 0.25) is 0 Å². The lowest BCUT2D eigenvalue weighted by Crippen LogP contribution is -2.14. The van der Waals surface area contributed by atoms with Gasteiger partial charge in [0.2, 0.25) is 0 Å². The molecule has 0 unspecified atom stereocenters. The van der Waals surface area contributed by atoms with Crippen LogP contribution in [0.15, 0.2) is 40.5 Å². The number of thiazole rings is 1. The standard InChI is InChI=1S/C15H13N3O3S2/c1-10-7-23-15-16-12(6-14(19)17(10)15)9-22-8-11-3-2-4-13(5-11)18(20)21/h2-7H,8-9H2,1H3. The largest absolute Gasteiger partial charge is 0.269 e. The highest BCUT2D eigenvalue weighted by Gasteiger charge is 2.08. The number of fused-ring (bicyclic) bond motifs is 1. The second kappa shape index (κ2) is 6.51. The van der Waals surface area contributed by atoms with Gasteiger partial charge in [-0.2, -0.15) is 11.8 Å². The van der Waals surface area contributed by atoms with Gasteiger partial charge < -0.3 is 0 Å². The van der Waals surface area contributed by atoms with Crippen molar-refractivity contribution in [2.75, 3.05) is 0 Å². The summed E-state index contributed by atoms with van der Waals surface area (Å²) in [5.41, 5.74) is 2.52. The van der Waals surface area contributed by atoms with Crippen LogP contribution in [0.5, 0.6) is 0 Å². The van der Waals surface area contributed by atoms with Gasteiger partial charge in [-0.3, -0.25) is 19.3 Å². The monoisotopic (exact) mass is 347 g/mol. The fourth-order valence-corrected chi connectivity index (χ4v) is 3.97. The summed E-state index contributed by atoms with van der Waals surface area (Å²) in [6.07, 6.45) is 0. The Bertz CT molecular complexity index is 933. The number of aryl methyl sites for hydroxylation is 1. The molecule has 6 nitrogen and oxygen atoms in total. The zero-order chi connectivity index (χ0) is 16.4. The molecule has 0 bridgehead atoms. The van der Waals surface area contributed by atoms with E-state index in [1.165, 1.54) is 17.4 Å². The van der Waals surface area contributed by atoms with Gasteiger partial charge in [0.1, 0.15) is 0 Å². The molecule has 0 saturated heterocycles. The fourth-order valence-electron chi connectivity index (χ4n) is 2.21. The van der Waals surface area contributed by atoms with Crippen molar-refractivity contribution in [3.05, 3.63) is 73.1 Å². The van der Waals surface area contributed by atoms with Crippen LogP contribution in [-0.4, -0.2) is 14.3 Å². The van der Waals surface area contributed by atoms with Crippen LogP contribution in [0.25, 0.3) is 4.96 Å². The molecular formula is C15H13N3O3S2. The van der Waals surface area contributed by atoms with Gasteiger partial charge in [-0.1, -0.05) is 12.1 Å². The maximum atomic E-state index is 12.1. The van der Waals surface area contributed by atoms with Crippen LogP contribution in [0, 0.1) is 17.0 Å². The summed E-state index contributed by atoms with van der Waals surface area (Å²) in [6, 6.07) is 8.13. The Morgan fingerprint density at radius 2 is 2.17 bits per heavy atom. The number of benzene rings is 1. The third kappa shape index (κ3) is 3.43. The van der Waals surface area contributed by atoms with Crippen molar-refractivity contribution in [1.82, 2.24) is 9.38 Å². The van der Waals surface area contributed by atoms with Gasteiger partial charge in [-0.05, 0) is 12.5 Å². The van der Waals surface area contributed by atoms with E-state index in [0.29, 0.717) is 16.5 Å². The number of nitro benzene ring substituents is 1. The second-order valence-electron chi connectivity index (χ2n) is 5.00. The Morgan fingerprint density at radius 3 is 2.96 bits per heavy atom. The Kier molecular flexibility index (Phi) is 4.44. The van der Waals surface area contributed by atoms with E-state index in [9.17, 15) is 14.9 Å². The molecule has 1 aromatic carbocycles. The minimum Gasteiger partial charge on any atom is -0.269 e. The van der Waals surface area contributed by atoms with E-state index in [1.807, 2.05) is 18.4 Å². The van der Waals surface area contributed by atoms with Crippen molar-refractivity contribution >= 4 is 33.7 Å². The van der Waals surface area contributed by atoms with Crippen molar-refractivity contribution in [2.24, 2.45) is 0 Å². The van der Waals surface area contributed by atoms with Gasteiger partial charge in [-0.15, -0.1) is 11.3 Å². The van der Waals surface area contributed by atoms with E-state index >= 15 is 0 Å². The van der Waals surface area contributed by atoms with Gasteiger partial charge >= 0.3 is 0 Å². The second-order valence-corrected chi connectivity index (χ2v) is 6.82. The SMILES string of the molecule is Cc1csc2nc(CSCc3cccc([N+](=O)[O-])c3)cc(=O)n12. The molecule has 0 aliphatic rings. The maximum absolute atomic E-state index is 12.1. The van der Waals surface area contributed by atoms with Crippen LogP contribution in [0.4, 0.5) is 5.69 Å². The first kappa shape index (κ1) is 15.7. The Morgan fingerprint density at radius 1 is 1.35 bits per heavy atom. The highest BCUT2D eigenvalue weighted by atomic mass is 32.2. The topological polar surface area (TPSA) is 77.5 Å². The number of nitro groups is 1. The molecule has 3 rings (SSSR count). The minimum absolute atomic E-state index is 0.0697. The Hall–Kier alpha value is -2.19. The summed E-state index contributed by atoms with van der Waals surface area (Å²) in [7, 11) is 0. The molecule has 0 N–H and O–H groups in total. The average Bonchev–Trinajstić information content (AvgIpc) is 2.89. The zero-order valence-electron chi connectivity index (χ0n) is 12.3. The molecule has 2 heterocycles. The molecule has 118 valence electrons. The van der Waals surface area contributed by atoms with E-state index in [-0.39, 0.29) is 11.2 Å². The molecule has 0 spiro atoms. The van der Waals surface area contributed by atoms with E-state index in [4.69, 9.17) is 0 Å². The number of non-ortho nitro benzene ring substituents is 1. The molecule has 0 atom stereocenters. The van der Waals surface area contributed by atoms with Gasteiger partial charge in [0, 0.05) is 40.8 Å². The first-order chi connectivity index (χ1) is 11.0. The Labute approximate surface area is 140 Å². The third-order valence-electron chi connectivity index (χ3n) is 3.27. The molecule has 23 heavy (non-hydrogen) atoms. The van der Waals surface area contributed by atoms with E-state index < -0.39 is 4.92 Å². The molecule has 3 aromatic rings. The van der Waals surface area contributed by atoms with Crippen molar-refractivity contribution in [2.45, 2.75) is 18.4 Å². The molecule has 8 heteroatoms. The number of nitrogens with zero attached hydrogens (tertiary/aromatic N) is 3. The third-order valence-corrected chi connectivity index (χ3v) is 5.25. The number of aromatic nitrogens is 2. The highest BCUT2D eigenvalue weighted by molar-refractivity contribution is 7.97. The van der Waals surface area contributed by atoms with Gasteiger partial charge in [0.05, 0.1) is 10.6 Å². The molecule has 0 fully saturated rings. The van der Waals surface area contributed by atoms with E-state index in [0.717, 1.165) is 17.0 Å². The predicted molar refractivity (Wildman–Crippen MR) is 92.2 cm³/mol. The van der Waals surface area contributed by atoms with Crippen molar-refractivity contribution < 1.29 is 4.92 Å². The molecule has 0 aliphatic heterocycles. The molecule has 0 amide bonds. The van der Waals surface area contributed by atoms with Crippen LogP contribution >= 0.6 is 23.1 Å². The van der Waals surface area contributed by atoms with E-state index in [2.05, 4.69) is 4.98 Å². The summed E-state index contributed by atoms with van der Waals surface area (Å²) in [4.78, 5) is 27.6. The summed E-state index contributed by atoms with van der Waals surface area (Å²) in [6.45, 7) is 1.88. The number of hydrogen-bond donors (Lipinski definition) is 0. The molecule has 2 aromatic heterocycles. The van der Waals surface area contributed by atoms with Crippen LogP contribution in [0.1, 0.15) is 17.0 Å². The summed E-state index contributed by atoms with van der Waals surface area (Å²) in [5.74, 6) is 1.22. The summed E-state index contributed by atoms with van der Waals surface area (Å²) < 4.78 is 1.60. The molecule has 0 aliphatic carbocycles. The van der Waals surface area contributed by atoms with Crippen LogP contribution < -0.4 is 5.56 Å². The van der Waals surface area contributed by atoms with Crippen LogP contribution in [-0.2, 0) is 11.5 Å². The van der Waals surface area contributed by atoms with Gasteiger partial charge in [0.25, 0.3) is 11.2 Å². The Balaban J connectivity index is 1.70. The zero-order valence-corrected chi connectivity index (χ0v) is 13.9. The number of thioether (sulfide) groups is 1. The lowest BCUT2D eigenvalue weighted by Gasteiger charge is -2.03. The quantitative estimate of drug-likeness (QED) is 0.522. The molecule has 0 radical (unpaired) electrons. The first-order valence-electron chi connectivity index (χ1n) is 6.82. The average molecular weight is 347 g/mol. The lowest BCUT2D eigenvalue weighted by molar-refractivity contribution is -0.384. The normalized spacial score (nSPS) is 11.0. The van der Waals surface area contributed by atoms with Crippen LogP contribution in [0.3, 0.4) is 0 Å². The van der Waals surface area contributed by atoms with Gasteiger partial charge in [0.15, 0.2) is 4.96 Å². The van der Waals surface area contributed by atoms with Crippen molar-refractivity contribution in [3.63, 3.8) is 0 Å². The summed E-state index contributed by atoms with van der Waals surface area (Å²) in [5, 5.41) is 12.7. The maximum Gasteiger partial charge on any atom is 0.269 e. The molecular weight excluding hydrogens is 334 g/mol. The van der Waals surface area contributed by atoms with Gasteiger partial charge in [-0.25, -0.2) is 4.98 Å². The van der Waals surface area contributed by atoms with Crippen molar-refractivity contribution in [3.8, 4) is 0 Å². The van der Waals surface area contributed by atoms with Crippen molar-refractivity contribution in [1.29, 1.82) is 0 Å². The molecule has 0 saturated carbocycles. The lowest BCUT2D eigenvalue weighted by atomic mass is 10.2. The van der Waals surface area contributed by atoms with E-state index in [1.54, 1.807) is 34.4 Å². The number of rotatable bonds is 5. The summed E-state index contributed by atoms with van der Waals surface area (Å²) >= 11 is 3.02. The number of hydrogen-bond acceptors (Lipinski definition) is 6.